The fraction of sp³-hybridized carbons (Fsp3) is 0.341. The van der Waals surface area contributed by atoms with Crippen LogP contribution in [0.25, 0.3) is 5.69 Å². The number of anilines is 2. The van der Waals surface area contributed by atoms with Crippen molar-refractivity contribution >= 4 is 17.3 Å². The van der Waals surface area contributed by atoms with Crippen LogP contribution in [0, 0.1) is 17.6 Å². The molecule has 8 rings (SSSR count). The third kappa shape index (κ3) is 8.60. The molecule has 0 radical (unpaired) electrons. The van der Waals surface area contributed by atoms with Crippen molar-refractivity contribution in [3.05, 3.63) is 149 Å². The summed E-state index contributed by atoms with van der Waals surface area (Å²) in [5, 5.41) is 8.59. The Bertz CT molecular complexity index is 2380. The second-order valence-electron chi connectivity index (χ2n) is 15.1. The van der Waals surface area contributed by atoms with Crippen molar-refractivity contribution < 1.29 is 27.8 Å². The Kier molecular flexibility index (Phi) is 11.5. The monoisotopic (exact) mass is 804 g/mol. The fourth-order valence-corrected chi connectivity index (χ4v) is 8.12. The van der Waals surface area contributed by atoms with Gasteiger partial charge in [-0.1, -0.05) is 31.2 Å². The number of carbonyl (C=O) groups excluding carboxylic acids is 1. The van der Waals surface area contributed by atoms with E-state index in [-0.39, 0.29) is 23.7 Å². The molecule has 0 spiro atoms. The van der Waals surface area contributed by atoms with E-state index in [2.05, 4.69) is 37.1 Å². The Morgan fingerprint density at radius 1 is 0.881 bits per heavy atom. The van der Waals surface area contributed by atoms with Crippen LogP contribution in [0.3, 0.4) is 0 Å². The second kappa shape index (κ2) is 17.2. The van der Waals surface area contributed by atoms with E-state index in [0.29, 0.717) is 37.3 Å². The number of hydrogen-bond donors (Lipinski definition) is 0. The van der Waals surface area contributed by atoms with Crippen molar-refractivity contribution in [2.45, 2.75) is 51.0 Å². The number of aromatic nitrogens is 6. The highest BCUT2D eigenvalue weighted by Gasteiger charge is 2.44. The molecule has 4 heterocycles. The molecule has 15 heteroatoms. The van der Waals surface area contributed by atoms with Gasteiger partial charge in [-0.2, -0.15) is 10.2 Å². The number of piperazine rings is 1. The molecular formula is C44H46F2N8O5. The number of hydrogen-bond acceptors (Lipinski definition) is 10. The molecule has 4 atom stereocenters. The van der Waals surface area contributed by atoms with E-state index in [1.54, 1.807) is 42.2 Å². The fourth-order valence-electron chi connectivity index (χ4n) is 8.12. The summed E-state index contributed by atoms with van der Waals surface area (Å²) in [7, 11) is 0. The van der Waals surface area contributed by atoms with Gasteiger partial charge >= 0.3 is 11.7 Å². The summed E-state index contributed by atoms with van der Waals surface area (Å²) in [6, 6.07) is 27.9. The van der Waals surface area contributed by atoms with Crippen molar-refractivity contribution in [2.24, 2.45) is 5.92 Å². The number of benzene rings is 4. The van der Waals surface area contributed by atoms with E-state index in [1.807, 2.05) is 49.4 Å². The van der Waals surface area contributed by atoms with Gasteiger partial charge in [0.2, 0.25) is 0 Å². The lowest BCUT2D eigenvalue weighted by Crippen LogP contribution is -2.46. The lowest BCUT2D eigenvalue weighted by atomic mass is 9.87. The molecule has 0 amide bonds. The lowest BCUT2D eigenvalue weighted by molar-refractivity contribution is -0.0206. The van der Waals surface area contributed by atoms with E-state index >= 15 is 4.39 Å². The predicted molar refractivity (Wildman–Crippen MR) is 217 cm³/mol. The third-order valence-electron chi connectivity index (χ3n) is 11.3. The number of carbonyl (C=O) groups is 1. The lowest BCUT2D eigenvalue weighted by Gasteiger charge is -2.37. The molecule has 0 N–H and O–H groups in total. The molecule has 2 aromatic heterocycles. The maximum Gasteiger partial charge on any atom is 0.350 e. The van der Waals surface area contributed by atoms with Crippen molar-refractivity contribution in [1.29, 1.82) is 0 Å². The summed E-state index contributed by atoms with van der Waals surface area (Å²) in [6.07, 6.45) is 4.93. The summed E-state index contributed by atoms with van der Waals surface area (Å²) in [5.41, 5.74) is 2.27. The molecule has 0 unspecified atom stereocenters. The molecule has 4 aromatic carbocycles. The van der Waals surface area contributed by atoms with Crippen LogP contribution < -0.4 is 20.2 Å². The van der Waals surface area contributed by atoms with E-state index in [0.717, 1.165) is 49.4 Å². The highest BCUT2D eigenvalue weighted by molar-refractivity contribution is 5.89. The SMILES string of the molecule is CC[C@@H]([C@H](C)OC(=O)c1ccccc1)n1ncn(-c2ccc(N3CCN(c4ccc(OC[C@@H]5CO[C@@](Cn6cncn6)(c6ccc(F)cc6F)C5)cc4)CC3)cc2)c1=O. The Morgan fingerprint density at radius 2 is 1.56 bits per heavy atom. The van der Waals surface area contributed by atoms with E-state index in [4.69, 9.17) is 14.2 Å². The van der Waals surface area contributed by atoms with Gasteiger partial charge in [0.25, 0.3) is 0 Å². The molecule has 2 aliphatic rings. The minimum atomic E-state index is -1.03. The first kappa shape index (κ1) is 39.5. The second-order valence-corrected chi connectivity index (χ2v) is 15.1. The molecule has 13 nitrogen and oxygen atoms in total. The zero-order chi connectivity index (χ0) is 40.9. The maximum absolute atomic E-state index is 15.0. The zero-order valence-electron chi connectivity index (χ0n) is 32.9. The Hall–Kier alpha value is -6.35. The summed E-state index contributed by atoms with van der Waals surface area (Å²) in [6.45, 7) is 7.98. The standard InChI is InChI=1S/C44H46F2N8O5/c1-3-41(31(2)59-42(55)33-7-5-4-6-8-33)54-43(56)53(30-49-54)37-12-10-35(11-13-37)50-19-21-51(22-20-50)36-14-16-38(17-15-36)57-25-32-24-44(58-26-32,27-52-29-47-28-48-52)39-18-9-34(45)23-40(39)46/h4-18,23,28-32,41H,3,19-22,24-27H2,1-2H3/t31-,32+,41-,44-/m0/s1. The van der Waals surface area contributed by atoms with Crippen LogP contribution in [0.4, 0.5) is 20.2 Å². The molecule has 306 valence electrons. The Labute approximate surface area is 340 Å². The van der Waals surface area contributed by atoms with Crippen LogP contribution in [0.2, 0.25) is 0 Å². The largest absolute Gasteiger partial charge is 0.493 e. The molecule has 2 saturated heterocycles. The number of ether oxygens (including phenoxy) is 3. The van der Waals surface area contributed by atoms with Gasteiger partial charge in [-0.3, -0.25) is 0 Å². The molecule has 0 saturated carbocycles. The van der Waals surface area contributed by atoms with Gasteiger partial charge in [0, 0.05) is 55.1 Å². The first-order chi connectivity index (χ1) is 28.7. The number of rotatable bonds is 14. The first-order valence-electron chi connectivity index (χ1n) is 19.9. The minimum absolute atomic E-state index is 0.0239. The molecule has 0 aliphatic carbocycles. The predicted octanol–water partition coefficient (Wildman–Crippen LogP) is 6.44. The van der Waals surface area contributed by atoms with Crippen LogP contribution in [0.1, 0.15) is 48.7 Å². The number of halogens is 2. The molecule has 2 aliphatic heterocycles. The highest BCUT2D eigenvalue weighted by atomic mass is 19.1. The number of nitrogens with zero attached hydrogens (tertiary/aromatic N) is 8. The average Bonchev–Trinajstić information content (AvgIpc) is 4.02. The summed E-state index contributed by atoms with van der Waals surface area (Å²) in [4.78, 5) is 34.9. The molecule has 59 heavy (non-hydrogen) atoms. The van der Waals surface area contributed by atoms with Crippen molar-refractivity contribution in [1.82, 2.24) is 29.1 Å². The van der Waals surface area contributed by atoms with E-state index < -0.39 is 35.4 Å². The topological polar surface area (TPSA) is 122 Å². The van der Waals surface area contributed by atoms with Gasteiger partial charge in [-0.25, -0.2) is 37.3 Å². The van der Waals surface area contributed by atoms with Crippen LogP contribution >= 0.6 is 0 Å². The average molecular weight is 805 g/mol. The van der Waals surface area contributed by atoms with Crippen LogP contribution in [0.5, 0.6) is 5.75 Å². The summed E-state index contributed by atoms with van der Waals surface area (Å²) in [5.74, 6) is -1.03. The maximum atomic E-state index is 15.0. The van der Waals surface area contributed by atoms with E-state index in [1.165, 1.54) is 34.0 Å². The van der Waals surface area contributed by atoms with Gasteiger partial charge in [-0.05, 0) is 86.5 Å². The van der Waals surface area contributed by atoms with Crippen molar-refractivity contribution in [3.63, 3.8) is 0 Å². The van der Waals surface area contributed by atoms with Crippen molar-refractivity contribution in [2.75, 3.05) is 49.2 Å². The molecule has 6 aromatic rings. The number of esters is 1. The first-order valence-corrected chi connectivity index (χ1v) is 19.9. The molecular weight excluding hydrogens is 759 g/mol. The van der Waals surface area contributed by atoms with Gasteiger partial charge in [0.15, 0.2) is 0 Å². The van der Waals surface area contributed by atoms with Crippen LogP contribution in [-0.2, 0) is 21.6 Å². The minimum Gasteiger partial charge on any atom is -0.493 e. The molecule has 0 bridgehead atoms. The van der Waals surface area contributed by atoms with Crippen LogP contribution in [0.15, 0.2) is 121 Å². The van der Waals surface area contributed by atoms with Gasteiger partial charge in [-0.15, -0.1) is 0 Å². The smallest absolute Gasteiger partial charge is 0.350 e. The van der Waals surface area contributed by atoms with Crippen LogP contribution in [-0.4, -0.2) is 80.6 Å². The third-order valence-corrected chi connectivity index (χ3v) is 11.3. The normalized spacial score (nSPS) is 19.1. The summed E-state index contributed by atoms with van der Waals surface area (Å²) < 4.78 is 51.5. The molecule has 2 fully saturated rings. The van der Waals surface area contributed by atoms with Crippen molar-refractivity contribution in [3.8, 4) is 11.4 Å². The Balaban J connectivity index is 0.833. The van der Waals surface area contributed by atoms with Gasteiger partial charge in [0.1, 0.15) is 48.1 Å². The zero-order valence-corrected chi connectivity index (χ0v) is 32.9. The Morgan fingerprint density at radius 3 is 2.20 bits per heavy atom. The van der Waals surface area contributed by atoms with Gasteiger partial charge in [0.05, 0.1) is 37.1 Å². The van der Waals surface area contributed by atoms with E-state index in [9.17, 15) is 14.0 Å². The quantitative estimate of drug-likeness (QED) is 0.114. The summed E-state index contributed by atoms with van der Waals surface area (Å²) >= 11 is 0. The van der Waals surface area contributed by atoms with Gasteiger partial charge < -0.3 is 24.0 Å². The highest BCUT2D eigenvalue weighted by Crippen LogP contribution is 2.42.